The van der Waals surface area contributed by atoms with Gasteiger partial charge in [0.25, 0.3) is 0 Å². The van der Waals surface area contributed by atoms with Crippen LogP contribution in [0.4, 0.5) is 17.1 Å². The van der Waals surface area contributed by atoms with Crippen molar-refractivity contribution in [2.45, 2.75) is 13.3 Å². The maximum Gasteiger partial charge on any atom is 0.227 e. The van der Waals surface area contributed by atoms with Gasteiger partial charge in [-0.3, -0.25) is 9.79 Å². The summed E-state index contributed by atoms with van der Waals surface area (Å²) in [6.45, 7) is 5.18. The van der Waals surface area contributed by atoms with E-state index >= 15 is 0 Å². The highest BCUT2D eigenvalue weighted by Crippen LogP contribution is 2.27. The van der Waals surface area contributed by atoms with Crippen LogP contribution in [-0.2, 0) is 9.59 Å². The topological polar surface area (TPSA) is 70.6 Å². The molecule has 1 aromatic carbocycles. The van der Waals surface area contributed by atoms with Gasteiger partial charge >= 0.3 is 0 Å². The molecule has 1 aromatic rings. The van der Waals surface area contributed by atoms with Crippen LogP contribution < -0.4 is 10.6 Å². The van der Waals surface area contributed by atoms with Crippen molar-refractivity contribution in [3.05, 3.63) is 18.2 Å². The summed E-state index contributed by atoms with van der Waals surface area (Å²) < 4.78 is 0. The summed E-state index contributed by atoms with van der Waals surface area (Å²) in [6, 6.07) is 5.31. The van der Waals surface area contributed by atoms with E-state index in [0.29, 0.717) is 11.4 Å². The average Bonchev–Trinajstić information content (AvgIpc) is 2.38. The van der Waals surface area contributed by atoms with Crippen molar-refractivity contribution in [2.24, 2.45) is 10.9 Å². The molecule has 96 valence electrons. The second-order valence-corrected chi connectivity index (χ2v) is 3.93. The number of nitrogens with one attached hydrogen (secondary N) is 2. The lowest BCUT2D eigenvalue weighted by Crippen LogP contribution is -2.20. The molecule has 0 bridgehead atoms. The number of carbonyl (C=O) groups excluding carboxylic acids is 2. The minimum Gasteiger partial charge on any atom is -0.386 e. The Morgan fingerprint density at radius 1 is 1.56 bits per heavy atom. The third-order valence-electron chi connectivity index (χ3n) is 2.60. The molecule has 1 atom stereocenters. The van der Waals surface area contributed by atoms with Crippen molar-refractivity contribution < 1.29 is 9.59 Å². The number of aldehydes is 1. The van der Waals surface area contributed by atoms with E-state index in [2.05, 4.69) is 22.3 Å². The van der Waals surface area contributed by atoms with Crippen LogP contribution in [0.25, 0.3) is 0 Å². The highest BCUT2D eigenvalue weighted by atomic mass is 16.2. The van der Waals surface area contributed by atoms with E-state index in [1.54, 1.807) is 26.1 Å². The molecule has 0 aliphatic heterocycles. The molecule has 0 fully saturated rings. The number of aliphatic imine (C=N–C) groups is 1. The van der Waals surface area contributed by atoms with Gasteiger partial charge in [-0.15, -0.1) is 0 Å². The lowest BCUT2D eigenvalue weighted by Gasteiger charge is -2.11. The molecule has 18 heavy (non-hydrogen) atoms. The summed E-state index contributed by atoms with van der Waals surface area (Å²) in [5.74, 6) is -0.527. The molecule has 0 aromatic heterocycles. The zero-order valence-corrected chi connectivity index (χ0v) is 10.6. The molecule has 0 saturated carbocycles. The molecular formula is C13H17N3O2. The van der Waals surface area contributed by atoms with Crippen LogP contribution in [0.5, 0.6) is 0 Å². The number of rotatable bonds is 6. The predicted molar refractivity (Wildman–Crippen MR) is 73.7 cm³/mol. The molecular weight excluding hydrogens is 230 g/mol. The minimum atomic E-state index is -0.341. The third kappa shape index (κ3) is 3.41. The van der Waals surface area contributed by atoms with Crippen molar-refractivity contribution in [3.8, 4) is 0 Å². The van der Waals surface area contributed by atoms with E-state index in [1.165, 1.54) is 0 Å². The summed E-state index contributed by atoms with van der Waals surface area (Å²) in [5, 5.41) is 5.72. The molecule has 2 N–H and O–H groups in total. The van der Waals surface area contributed by atoms with Gasteiger partial charge in [0.15, 0.2) is 0 Å². The lowest BCUT2D eigenvalue weighted by molar-refractivity contribution is -0.121. The Labute approximate surface area is 106 Å². The van der Waals surface area contributed by atoms with Crippen LogP contribution in [-0.4, -0.2) is 26.0 Å². The Morgan fingerprint density at radius 2 is 2.28 bits per heavy atom. The van der Waals surface area contributed by atoms with E-state index in [9.17, 15) is 9.59 Å². The van der Waals surface area contributed by atoms with E-state index in [-0.39, 0.29) is 18.2 Å². The fourth-order valence-corrected chi connectivity index (χ4v) is 1.47. The number of carbonyl (C=O) groups is 2. The van der Waals surface area contributed by atoms with Crippen LogP contribution >= 0.6 is 0 Å². The molecule has 1 amide bonds. The summed E-state index contributed by atoms with van der Waals surface area (Å²) in [7, 11) is 1.79. The number of hydrogen-bond donors (Lipinski definition) is 2. The molecule has 1 unspecified atom stereocenters. The van der Waals surface area contributed by atoms with Gasteiger partial charge in [0, 0.05) is 25.1 Å². The number of nitrogens with zero attached hydrogens (tertiary/aromatic N) is 1. The largest absolute Gasteiger partial charge is 0.386 e. The van der Waals surface area contributed by atoms with E-state index in [4.69, 9.17) is 0 Å². The number of anilines is 2. The van der Waals surface area contributed by atoms with Crippen LogP contribution in [0.15, 0.2) is 23.2 Å². The van der Waals surface area contributed by atoms with Gasteiger partial charge in [-0.1, -0.05) is 6.92 Å². The van der Waals surface area contributed by atoms with Gasteiger partial charge < -0.3 is 15.4 Å². The first-order valence-corrected chi connectivity index (χ1v) is 5.65. The minimum absolute atomic E-state index is 0.186. The predicted octanol–water partition coefficient (Wildman–Crippen LogP) is 2.22. The maximum absolute atomic E-state index is 11.7. The fraction of sp³-hybridized carbons (Fsp3) is 0.308. The van der Waals surface area contributed by atoms with Gasteiger partial charge in [0.2, 0.25) is 5.91 Å². The van der Waals surface area contributed by atoms with Crippen molar-refractivity contribution in [2.75, 3.05) is 17.7 Å². The number of amides is 1. The monoisotopic (exact) mass is 247 g/mol. The van der Waals surface area contributed by atoms with Gasteiger partial charge in [-0.05, 0) is 24.9 Å². The molecule has 0 aliphatic carbocycles. The van der Waals surface area contributed by atoms with Crippen molar-refractivity contribution in [1.82, 2.24) is 0 Å². The van der Waals surface area contributed by atoms with Gasteiger partial charge in [0.05, 0.1) is 11.4 Å². The summed E-state index contributed by atoms with van der Waals surface area (Å²) in [5.41, 5.74) is 2.14. The molecule has 0 radical (unpaired) electrons. The van der Waals surface area contributed by atoms with E-state index in [0.717, 1.165) is 12.0 Å². The highest BCUT2D eigenvalue weighted by molar-refractivity contribution is 5.94. The molecule has 0 aliphatic rings. The SMILES string of the molecule is C=Nc1cc(NC(=O)C(C)CC=O)ccc1NC. The Bertz CT molecular complexity index is 458. The Balaban J connectivity index is 2.82. The van der Waals surface area contributed by atoms with E-state index in [1.807, 2.05) is 6.07 Å². The summed E-state index contributed by atoms with van der Waals surface area (Å²) in [6.07, 6.45) is 0.956. The standard InChI is InChI=1S/C13H17N3O2/c1-9(6-7-17)13(18)16-10-4-5-11(14-2)12(8-10)15-3/h4-5,7-9,14H,3,6H2,1-2H3,(H,16,18). The Hall–Kier alpha value is -2.17. The molecule has 1 rings (SSSR count). The first kappa shape index (κ1) is 13.9. The maximum atomic E-state index is 11.7. The zero-order chi connectivity index (χ0) is 13.5. The van der Waals surface area contributed by atoms with Crippen LogP contribution in [0, 0.1) is 5.92 Å². The molecule has 0 heterocycles. The molecule has 0 spiro atoms. The molecule has 5 heteroatoms. The number of benzene rings is 1. The average molecular weight is 247 g/mol. The van der Waals surface area contributed by atoms with Gasteiger partial charge in [0.1, 0.15) is 6.29 Å². The second-order valence-electron chi connectivity index (χ2n) is 3.93. The quantitative estimate of drug-likeness (QED) is 0.598. The zero-order valence-electron chi connectivity index (χ0n) is 10.6. The first-order valence-electron chi connectivity index (χ1n) is 5.65. The van der Waals surface area contributed by atoms with Gasteiger partial charge in [-0.2, -0.15) is 0 Å². The highest BCUT2D eigenvalue weighted by Gasteiger charge is 2.12. The normalized spacial score (nSPS) is 11.4. The van der Waals surface area contributed by atoms with Crippen molar-refractivity contribution >= 4 is 36.0 Å². The summed E-state index contributed by atoms with van der Waals surface area (Å²) in [4.78, 5) is 25.9. The van der Waals surface area contributed by atoms with Crippen molar-refractivity contribution in [1.29, 1.82) is 0 Å². The Morgan fingerprint density at radius 3 is 2.83 bits per heavy atom. The number of hydrogen-bond acceptors (Lipinski definition) is 4. The van der Waals surface area contributed by atoms with Gasteiger partial charge in [-0.25, -0.2) is 0 Å². The van der Waals surface area contributed by atoms with Crippen LogP contribution in [0.2, 0.25) is 0 Å². The second kappa shape index (κ2) is 6.54. The Kier molecular flexibility index (Phi) is 5.05. The molecule has 0 saturated heterocycles. The molecule has 5 nitrogen and oxygen atoms in total. The van der Waals surface area contributed by atoms with Crippen LogP contribution in [0.3, 0.4) is 0 Å². The smallest absolute Gasteiger partial charge is 0.227 e. The first-order chi connectivity index (χ1) is 8.62. The fourth-order valence-electron chi connectivity index (χ4n) is 1.47. The van der Waals surface area contributed by atoms with Crippen molar-refractivity contribution in [3.63, 3.8) is 0 Å². The lowest BCUT2D eigenvalue weighted by atomic mass is 10.1. The third-order valence-corrected chi connectivity index (χ3v) is 2.60. The summed E-state index contributed by atoms with van der Waals surface area (Å²) >= 11 is 0. The van der Waals surface area contributed by atoms with E-state index < -0.39 is 0 Å². The van der Waals surface area contributed by atoms with Crippen LogP contribution in [0.1, 0.15) is 13.3 Å².